The Labute approximate surface area is 120 Å². The number of aliphatic hydroxyl groups is 1. The van der Waals surface area contributed by atoms with Gasteiger partial charge in [0, 0.05) is 6.61 Å². The minimum absolute atomic E-state index is 0.115. The van der Waals surface area contributed by atoms with Crippen LogP contribution in [0.2, 0.25) is 0 Å². The monoisotopic (exact) mass is 272 g/mol. The van der Waals surface area contributed by atoms with Gasteiger partial charge in [-0.1, -0.05) is 30.3 Å². The lowest BCUT2D eigenvalue weighted by atomic mass is 9.92. The van der Waals surface area contributed by atoms with E-state index >= 15 is 0 Å². The molecule has 2 aromatic carbocycles. The van der Waals surface area contributed by atoms with Crippen LogP contribution < -0.4 is 0 Å². The van der Waals surface area contributed by atoms with E-state index in [2.05, 4.69) is 32.0 Å². The molecule has 0 bridgehead atoms. The maximum atomic E-state index is 13.2. The van der Waals surface area contributed by atoms with Crippen LogP contribution in [0.3, 0.4) is 0 Å². The van der Waals surface area contributed by atoms with Gasteiger partial charge in [0.15, 0.2) is 0 Å². The highest BCUT2D eigenvalue weighted by atomic mass is 19.1. The highest BCUT2D eigenvalue weighted by Gasteiger charge is 2.11. The van der Waals surface area contributed by atoms with Crippen LogP contribution >= 0.6 is 0 Å². The van der Waals surface area contributed by atoms with Gasteiger partial charge in [0.2, 0.25) is 0 Å². The number of rotatable bonds is 5. The molecule has 0 saturated carbocycles. The summed E-state index contributed by atoms with van der Waals surface area (Å²) in [5, 5.41) is 9.55. The van der Waals surface area contributed by atoms with Crippen molar-refractivity contribution in [1.29, 1.82) is 0 Å². The number of halogens is 1. The smallest absolute Gasteiger partial charge is 0.123 e. The summed E-state index contributed by atoms with van der Waals surface area (Å²) in [7, 11) is 0. The molecule has 2 rings (SSSR count). The Bertz CT molecular complexity index is 577. The quantitative estimate of drug-likeness (QED) is 0.877. The van der Waals surface area contributed by atoms with Gasteiger partial charge in [0.05, 0.1) is 0 Å². The molecule has 106 valence electrons. The summed E-state index contributed by atoms with van der Waals surface area (Å²) >= 11 is 0. The Kier molecular flexibility index (Phi) is 4.91. The second-order valence-corrected chi connectivity index (χ2v) is 5.51. The van der Waals surface area contributed by atoms with Gasteiger partial charge in [-0.3, -0.25) is 0 Å². The molecule has 0 aromatic heterocycles. The van der Waals surface area contributed by atoms with Gasteiger partial charge in [0.1, 0.15) is 5.82 Å². The molecular weight excluding hydrogens is 251 g/mol. The van der Waals surface area contributed by atoms with Gasteiger partial charge in [0.25, 0.3) is 0 Å². The fraction of sp³-hybridized carbons (Fsp3) is 0.333. The van der Waals surface area contributed by atoms with Crippen molar-refractivity contribution >= 4 is 0 Å². The van der Waals surface area contributed by atoms with Gasteiger partial charge in [-0.25, -0.2) is 4.39 Å². The molecule has 2 aromatic rings. The highest BCUT2D eigenvalue weighted by molar-refractivity contribution is 5.30. The Morgan fingerprint density at radius 3 is 2.25 bits per heavy atom. The number of hydrogen-bond donors (Lipinski definition) is 1. The Morgan fingerprint density at radius 1 is 0.950 bits per heavy atom. The van der Waals surface area contributed by atoms with Crippen molar-refractivity contribution in [2.24, 2.45) is 5.92 Å². The molecule has 0 fully saturated rings. The molecule has 0 saturated heterocycles. The zero-order chi connectivity index (χ0) is 14.5. The van der Waals surface area contributed by atoms with Gasteiger partial charge in [-0.15, -0.1) is 0 Å². The average Bonchev–Trinajstić information content (AvgIpc) is 2.42. The normalized spacial score (nSPS) is 12.4. The third-order valence-corrected chi connectivity index (χ3v) is 3.77. The minimum atomic E-state index is -0.217. The van der Waals surface area contributed by atoms with Crippen LogP contribution in [0.25, 0.3) is 0 Å². The van der Waals surface area contributed by atoms with Gasteiger partial charge >= 0.3 is 0 Å². The van der Waals surface area contributed by atoms with Crippen LogP contribution in [0.4, 0.5) is 4.39 Å². The van der Waals surface area contributed by atoms with Crippen molar-refractivity contribution in [3.8, 4) is 0 Å². The maximum absolute atomic E-state index is 13.2. The summed E-state index contributed by atoms with van der Waals surface area (Å²) < 4.78 is 13.2. The number of aliphatic hydroxyl groups excluding tert-OH is 1. The first kappa shape index (κ1) is 14.7. The first-order valence-electron chi connectivity index (χ1n) is 7.00. The van der Waals surface area contributed by atoms with Crippen LogP contribution in [0.15, 0.2) is 42.5 Å². The lowest BCUT2D eigenvalue weighted by Gasteiger charge is -2.15. The van der Waals surface area contributed by atoms with E-state index in [1.165, 1.54) is 22.8 Å². The molecule has 0 amide bonds. The van der Waals surface area contributed by atoms with Crippen molar-refractivity contribution in [2.75, 3.05) is 6.61 Å². The molecule has 0 aliphatic heterocycles. The maximum Gasteiger partial charge on any atom is 0.123 e. The average molecular weight is 272 g/mol. The molecule has 0 heterocycles. The lowest BCUT2D eigenvalue weighted by molar-refractivity contribution is 0.225. The summed E-state index contributed by atoms with van der Waals surface area (Å²) in [6.07, 6.45) is 1.51. The standard InChI is InChI=1S/C18H21FO/c1-13-6-7-16(8-14(13)2)10-17(12-20)9-15-4-3-5-18(19)11-15/h3-8,11,17,20H,9-10,12H2,1-2H3. The van der Waals surface area contributed by atoms with Crippen LogP contribution in [-0.4, -0.2) is 11.7 Å². The molecule has 20 heavy (non-hydrogen) atoms. The fourth-order valence-electron chi connectivity index (χ4n) is 2.46. The van der Waals surface area contributed by atoms with Crippen molar-refractivity contribution < 1.29 is 9.50 Å². The predicted molar refractivity (Wildman–Crippen MR) is 80.3 cm³/mol. The Morgan fingerprint density at radius 2 is 1.65 bits per heavy atom. The van der Waals surface area contributed by atoms with Crippen LogP contribution in [0.5, 0.6) is 0 Å². The number of benzene rings is 2. The molecular formula is C18H21FO. The van der Waals surface area contributed by atoms with Gasteiger partial charge in [-0.2, -0.15) is 0 Å². The molecule has 0 spiro atoms. The van der Waals surface area contributed by atoms with Crippen LogP contribution in [-0.2, 0) is 12.8 Å². The van der Waals surface area contributed by atoms with Crippen LogP contribution in [0.1, 0.15) is 22.3 Å². The lowest BCUT2D eigenvalue weighted by Crippen LogP contribution is -2.13. The van der Waals surface area contributed by atoms with Crippen molar-refractivity contribution in [2.45, 2.75) is 26.7 Å². The SMILES string of the molecule is Cc1ccc(CC(CO)Cc2cccc(F)c2)cc1C. The van der Waals surface area contributed by atoms with Crippen molar-refractivity contribution in [3.05, 3.63) is 70.5 Å². The van der Waals surface area contributed by atoms with Gasteiger partial charge in [-0.05, 0) is 67.0 Å². The zero-order valence-electron chi connectivity index (χ0n) is 12.1. The molecule has 0 radical (unpaired) electrons. The summed E-state index contributed by atoms with van der Waals surface area (Å²) in [6, 6.07) is 13.0. The van der Waals surface area contributed by atoms with E-state index in [1.807, 2.05) is 6.07 Å². The Balaban J connectivity index is 2.07. The van der Waals surface area contributed by atoms with E-state index in [0.717, 1.165) is 12.0 Å². The molecule has 0 aliphatic carbocycles. The first-order valence-corrected chi connectivity index (χ1v) is 7.00. The highest BCUT2D eigenvalue weighted by Crippen LogP contribution is 2.17. The molecule has 1 unspecified atom stereocenters. The zero-order valence-corrected chi connectivity index (χ0v) is 12.1. The third-order valence-electron chi connectivity index (χ3n) is 3.77. The second-order valence-electron chi connectivity index (χ2n) is 5.51. The van der Waals surface area contributed by atoms with E-state index in [0.29, 0.717) is 6.42 Å². The number of aryl methyl sites for hydroxylation is 2. The summed E-state index contributed by atoms with van der Waals surface area (Å²) in [4.78, 5) is 0. The van der Waals surface area contributed by atoms with E-state index < -0.39 is 0 Å². The number of hydrogen-bond acceptors (Lipinski definition) is 1. The summed E-state index contributed by atoms with van der Waals surface area (Å²) in [5.41, 5.74) is 4.71. The van der Waals surface area contributed by atoms with E-state index in [1.54, 1.807) is 12.1 Å². The topological polar surface area (TPSA) is 20.2 Å². The van der Waals surface area contributed by atoms with E-state index in [9.17, 15) is 9.50 Å². The third kappa shape index (κ3) is 3.91. The van der Waals surface area contributed by atoms with Gasteiger partial charge < -0.3 is 5.11 Å². The molecule has 1 N–H and O–H groups in total. The molecule has 1 nitrogen and oxygen atoms in total. The first-order chi connectivity index (χ1) is 9.58. The van der Waals surface area contributed by atoms with E-state index in [-0.39, 0.29) is 18.3 Å². The van der Waals surface area contributed by atoms with Crippen LogP contribution in [0, 0.1) is 25.6 Å². The summed E-state index contributed by atoms with van der Waals surface area (Å²) in [6.45, 7) is 4.30. The van der Waals surface area contributed by atoms with Crippen molar-refractivity contribution in [3.63, 3.8) is 0 Å². The second kappa shape index (κ2) is 6.67. The predicted octanol–water partition coefficient (Wildman–Crippen LogP) is 3.84. The molecule has 0 aliphatic rings. The fourth-order valence-corrected chi connectivity index (χ4v) is 2.46. The van der Waals surface area contributed by atoms with E-state index in [4.69, 9.17) is 0 Å². The summed E-state index contributed by atoms with van der Waals surface area (Å²) in [5.74, 6) is -0.0933. The molecule has 1 atom stereocenters. The Hall–Kier alpha value is -1.67. The largest absolute Gasteiger partial charge is 0.396 e. The van der Waals surface area contributed by atoms with Crippen molar-refractivity contribution in [1.82, 2.24) is 0 Å². The minimum Gasteiger partial charge on any atom is -0.396 e. The molecule has 2 heteroatoms.